The maximum absolute atomic E-state index is 12.2. The fourth-order valence-electron chi connectivity index (χ4n) is 3.50. The molecule has 0 aromatic heterocycles. The second-order valence-corrected chi connectivity index (χ2v) is 7.69. The first-order chi connectivity index (χ1) is 13.0. The number of carbonyl (C=O) groups is 1. The number of nitrogens with zero attached hydrogens (tertiary/aromatic N) is 1. The third-order valence-corrected chi connectivity index (χ3v) is 5.57. The van der Waals surface area contributed by atoms with E-state index in [-0.39, 0.29) is 5.91 Å². The SMILES string of the molecule is Cc1cccc(NCCC(=O)Nc2ccc(N3CCC(C)CC3)cc2)c1C. The number of hydrogen-bond donors (Lipinski definition) is 2. The van der Waals surface area contributed by atoms with Gasteiger partial charge in [-0.3, -0.25) is 4.79 Å². The number of anilines is 3. The van der Waals surface area contributed by atoms with Crippen LogP contribution in [0.2, 0.25) is 0 Å². The summed E-state index contributed by atoms with van der Waals surface area (Å²) < 4.78 is 0. The molecule has 1 saturated heterocycles. The lowest BCUT2D eigenvalue weighted by molar-refractivity contribution is -0.115. The van der Waals surface area contributed by atoms with Gasteiger partial charge in [0.15, 0.2) is 0 Å². The summed E-state index contributed by atoms with van der Waals surface area (Å²) in [5.41, 5.74) is 5.70. The van der Waals surface area contributed by atoms with Gasteiger partial charge in [0, 0.05) is 43.1 Å². The van der Waals surface area contributed by atoms with Gasteiger partial charge in [0.25, 0.3) is 0 Å². The Morgan fingerprint density at radius 2 is 1.78 bits per heavy atom. The van der Waals surface area contributed by atoms with Crippen LogP contribution in [0, 0.1) is 19.8 Å². The third kappa shape index (κ3) is 5.25. The zero-order valence-corrected chi connectivity index (χ0v) is 16.7. The number of nitrogens with one attached hydrogen (secondary N) is 2. The minimum atomic E-state index is 0.0346. The predicted octanol–water partition coefficient (Wildman–Crippen LogP) is 4.98. The molecule has 0 bridgehead atoms. The van der Waals surface area contributed by atoms with Crippen LogP contribution in [0.1, 0.15) is 37.3 Å². The van der Waals surface area contributed by atoms with Crippen LogP contribution >= 0.6 is 0 Å². The monoisotopic (exact) mass is 365 g/mol. The Bertz CT molecular complexity index is 762. The smallest absolute Gasteiger partial charge is 0.226 e. The minimum Gasteiger partial charge on any atom is -0.384 e. The van der Waals surface area contributed by atoms with Crippen molar-refractivity contribution < 1.29 is 4.79 Å². The quantitative estimate of drug-likeness (QED) is 0.759. The van der Waals surface area contributed by atoms with E-state index in [1.165, 1.54) is 29.7 Å². The molecule has 144 valence electrons. The molecule has 0 aliphatic carbocycles. The van der Waals surface area contributed by atoms with Crippen molar-refractivity contribution in [3.8, 4) is 0 Å². The first-order valence-corrected chi connectivity index (χ1v) is 9.98. The van der Waals surface area contributed by atoms with Crippen molar-refractivity contribution in [3.05, 3.63) is 53.6 Å². The molecule has 2 N–H and O–H groups in total. The topological polar surface area (TPSA) is 44.4 Å². The lowest BCUT2D eigenvalue weighted by Crippen LogP contribution is -2.32. The minimum absolute atomic E-state index is 0.0346. The summed E-state index contributed by atoms with van der Waals surface area (Å²) in [7, 11) is 0. The molecule has 3 rings (SSSR count). The Labute approximate surface area is 163 Å². The molecule has 0 unspecified atom stereocenters. The van der Waals surface area contributed by atoms with Crippen molar-refractivity contribution in [2.45, 2.75) is 40.0 Å². The summed E-state index contributed by atoms with van der Waals surface area (Å²) in [5, 5.41) is 6.35. The van der Waals surface area contributed by atoms with E-state index in [9.17, 15) is 4.79 Å². The van der Waals surface area contributed by atoms with Gasteiger partial charge in [-0.15, -0.1) is 0 Å². The second kappa shape index (κ2) is 8.94. The molecular weight excluding hydrogens is 334 g/mol. The molecular formula is C23H31N3O. The van der Waals surface area contributed by atoms with Gasteiger partial charge in [-0.25, -0.2) is 0 Å². The van der Waals surface area contributed by atoms with E-state index in [1.807, 2.05) is 18.2 Å². The van der Waals surface area contributed by atoms with Crippen LogP contribution < -0.4 is 15.5 Å². The Morgan fingerprint density at radius 3 is 2.48 bits per heavy atom. The van der Waals surface area contributed by atoms with Crippen molar-refractivity contribution >= 4 is 23.0 Å². The maximum Gasteiger partial charge on any atom is 0.226 e. The van der Waals surface area contributed by atoms with Gasteiger partial charge in [-0.2, -0.15) is 0 Å². The Balaban J connectivity index is 1.46. The molecule has 0 saturated carbocycles. The Hall–Kier alpha value is -2.49. The van der Waals surface area contributed by atoms with Crippen LogP contribution in [-0.2, 0) is 4.79 Å². The fraction of sp³-hybridized carbons (Fsp3) is 0.435. The number of piperidine rings is 1. The lowest BCUT2D eigenvalue weighted by Gasteiger charge is -2.32. The van der Waals surface area contributed by atoms with Crippen LogP contribution in [0.15, 0.2) is 42.5 Å². The van der Waals surface area contributed by atoms with Crippen molar-refractivity contribution in [2.24, 2.45) is 5.92 Å². The normalized spacial score (nSPS) is 14.9. The summed E-state index contributed by atoms with van der Waals surface area (Å²) in [4.78, 5) is 14.6. The standard InChI is InChI=1S/C23H31N3O/c1-17-12-15-26(16-13-17)21-9-7-20(8-10-21)25-23(27)11-14-24-22-6-4-5-18(2)19(22)3/h4-10,17,24H,11-16H2,1-3H3,(H,25,27). The third-order valence-electron chi connectivity index (χ3n) is 5.57. The zero-order valence-electron chi connectivity index (χ0n) is 16.7. The van der Waals surface area contributed by atoms with Gasteiger partial charge >= 0.3 is 0 Å². The van der Waals surface area contributed by atoms with Crippen LogP contribution in [0.3, 0.4) is 0 Å². The highest BCUT2D eigenvalue weighted by molar-refractivity contribution is 5.91. The van der Waals surface area contributed by atoms with Gasteiger partial charge in [0.1, 0.15) is 0 Å². The first kappa shape index (κ1) is 19.3. The molecule has 0 spiro atoms. The average Bonchev–Trinajstić information content (AvgIpc) is 2.66. The molecule has 0 radical (unpaired) electrons. The Morgan fingerprint density at radius 1 is 1.07 bits per heavy atom. The van der Waals surface area contributed by atoms with Gasteiger partial charge in [-0.05, 0) is 74.1 Å². The highest BCUT2D eigenvalue weighted by Crippen LogP contribution is 2.24. The number of amides is 1. The number of carbonyl (C=O) groups excluding carboxylic acids is 1. The van der Waals surface area contributed by atoms with E-state index in [0.717, 1.165) is 30.4 Å². The molecule has 1 fully saturated rings. The molecule has 2 aromatic carbocycles. The van der Waals surface area contributed by atoms with Crippen molar-refractivity contribution in [2.75, 3.05) is 35.2 Å². The summed E-state index contributed by atoms with van der Waals surface area (Å²) >= 11 is 0. The van der Waals surface area contributed by atoms with E-state index < -0.39 is 0 Å². The number of hydrogen-bond acceptors (Lipinski definition) is 3. The van der Waals surface area contributed by atoms with Crippen molar-refractivity contribution in [3.63, 3.8) is 0 Å². The van der Waals surface area contributed by atoms with E-state index >= 15 is 0 Å². The summed E-state index contributed by atoms with van der Waals surface area (Å²) in [5.74, 6) is 0.865. The molecule has 1 aliphatic heterocycles. The number of rotatable bonds is 6. The van der Waals surface area contributed by atoms with E-state index in [4.69, 9.17) is 0 Å². The highest BCUT2D eigenvalue weighted by atomic mass is 16.1. The largest absolute Gasteiger partial charge is 0.384 e. The van der Waals surface area contributed by atoms with Gasteiger partial charge < -0.3 is 15.5 Å². The van der Waals surface area contributed by atoms with Gasteiger partial charge in [0.2, 0.25) is 5.91 Å². The molecule has 0 atom stereocenters. The Kier molecular flexibility index (Phi) is 6.38. The molecule has 27 heavy (non-hydrogen) atoms. The van der Waals surface area contributed by atoms with Crippen LogP contribution in [0.5, 0.6) is 0 Å². The predicted molar refractivity (Wildman–Crippen MR) is 115 cm³/mol. The van der Waals surface area contributed by atoms with Crippen LogP contribution in [-0.4, -0.2) is 25.5 Å². The first-order valence-electron chi connectivity index (χ1n) is 9.98. The molecule has 1 aliphatic rings. The second-order valence-electron chi connectivity index (χ2n) is 7.69. The molecule has 4 heteroatoms. The van der Waals surface area contributed by atoms with Crippen LogP contribution in [0.25, 0.3) is 0 Å². The van der Waals surface area contributed by atoms with Gasteiger partial charge in [-0.1, -0.05) is 19.1 Å². The van der Waals surface area contributed by atoms with Crippen LogP contribution in [0.4, 0.5) is 17.1 Å². The number of aryl methyl sites for hydroxylation is 1. The summed E-state index contributed by atoms with van der Waals surface area (Å²) in [6, 6.07) is 14.4. The van der Waals surface area contributed by atoms with Crippen molar-refractivity contribution in [1.29, 1.82) is 0 Å². The number of benzene rings is 2. The summed E-state index contributed by atoms with van der Waals surface area (Å²) in [6.45, 7) is 9.39. The highest BCUT2D eigenvalue weighted by Gasteiger charge is 2.15. The lowest BCUT2D eigenvalue weighted by atomic mass is 9.99. The molecule has 4 nitrogen and oxygen atoms in total. The maximum atomic E-state index is 12.2. The van der Waals surface area contributed by atoms with E-state index in [0.29, 0.717) is 13.0 Å². The van der Waals surface area contributed by atoms with E-state index in [1.54, 1.807) is 0 Å². The summed E-state index contributed by atoms with van der Waals surface area (Å²) in [6.07, 6.45) is 2.96. The van der Waals surface area contributed by atoms with E-state index in [2.05, 4.69) is 60.6 Å². The average molecular weight is 366 g/mol. The zero-order chi connectivity index (χ0) is 19.2. The van der Waals surface area contributed by atoms with Gasteiger partial charge in [0.05, 0.1) is 0 Å². The molecule has 2 aromatic rings. The fourth-order valence-corrected chi connectivity index (χ4v) is 3.50. The van der Waals surface area contributed by atoms with Crippen molar-refractivity contribution in [1.82, 2.24) is 0 Å². The molecule has 1 amide bonds. The molecule has 1 heterocycles.